The fourth-order valence-electron chi connectivity index (χ4n) is 1.39. The predicted molar refractivity (Wildman–Crippen MR) is 54.3 cm³/mol. The van der Waals surface area contributed by atoms with Gasteiger partial charge in [-0.15, -0.1) is 0 Å². The minimum Gasteiger partial charge on any atom is -0.328 e. The third-order valence-electron chi connectivity index (χ3n) is 2.45. The average molecular weight is 200 g/mol. The van der Waals surface area contributed by atoms with Crippen LogP contribution in [0.5, 0.6) is 0 Å². The molecule has 0 spiro atoms. The summed E-state index contributed by atoms with van der Waals surface area (Å²) < 4.78 is 0. The van der Waals surface area contributed by atoms with Crippen LogP contribution < -0.4 is 5.73 Å². The summed E-state index contributed by atoms with van der Waals surface area (Å²) in [4.78, 5) is 17.0. The first kappa shape index (κ1) is 11.5. The molecule has 1 rings (SSSR count). The van der Waals surface area contributed by atoms with E-state index in [4.69, 9.17) is 10.6 Å². The number of carbonyl (C=O) groups excluding carboxylic acids is 1. The molecular formula is C10H20N2O2. The van der Waals surface area contributed by atoms with E-state index in [-0.39, 0.29) is 18.1 Å². The maximum atomic E-state index is 11.5. The van der Waals surface area contributed by atoms with Gasteiger partial charge >= 0.3 is 0 Å². The molecule has 14 heavy (non-hydrogen) atoms. The average Bonchev–Trinajstić information content (AvgIpc) is 2.43. The molecule has 0 aromatic carbocycles. The number of amides is 1. The Morgan fingerprint density at radius 3 is 2.64 bits per heavy atom. The van der Waals surface area contributed by atoms with Crippen LogP contribution in [0.2, 0.25) is 0 Å². The summed E-state index contributed by atoms with van der Waals surface area (Å²) in [5.74, 6) is 0.476. The Bertz CT molecular complexity index is 204. The number of nitrogens with zero attached hydrogens (tertiary/aromatic N) is 1. The highest BCUT2D eigenvalue weighted by Crippen LogP contribution is 2.21. The van der Waals surface area contributed by atoms with Gasteiger partial charge in [0, 0.05) is 6.04 Å². The first-order valence-electron chi connectivity index (χ1n) is 5.23. The lowest BCUT2D eigenvalue weighted by molar-refractivity contribution is -0.177. The minimum absolute atomic E-state index is 0.0515. The molecule has 1 fully saturated rings. The first-order chi connectivity index (χ1) is 6.50. The van der Waals surface area contributed by atoms with Gasteiger partial charge in [0.25, 0.3) is 0 Å². The van der Waals surface area contributed by atoms with Crippen LogP contribution in [-0.4, -0.2) is 29.7 Å². The zero-order valence-corrected chi connectivity index (χ0v) is 9.19. The van der Waals surface area contributed by atoms with Crippen LogP contribution in [0, 0.1) is 5.92 Å². The van der Waals surface area contributed by atoms with Gasteiger partial charge in [0.2, 0.25) is 5.91 Å². The smallest absolute Gasteiger partial charge is 0.248 e. The van der Waals surface area contributed by atoms with Gasteiger partial charge in [0.1, 0.15) is 0 Å². The molecule has 1 heterocycles. The van der Waals surface area contributed by atoms with Crippen LogP contribution >= 0.6 is 0 Å². The Labute approximate surface area is 85.3 Å². The summed E-state index contributed by atoms with van der Waals surface area (Å²) in [5, 5.41) is 1.47. The highest BCUT2D eigenvalue weighted by atomic mass is 16.7. The van der Waals surface area contributed by atoms with Gasteiger partial charge in [-0.3, -0.25) is 9.63 Å². The lowest BCUT2D eigenvalue weighted by Gasteiger charge is -2.18. The Balaban J connectivity index is 2.37. The molecule has 4 nitrogen and oxygen atoms in total. The minimum atomic E-state index is 0.0515. The quantitative estimate of drug-likeness (QED) is 0.734. The Morgan fingerprint density at radius 1 is 1.57 bits per heavy atom. The molecular weight excluding hydrogens is 180 g/mol. The fourth-order valence-corrected chi connectivity index (χ4v) is 1.39. The van der Waals surface area contributed by atoms with E-state index in [0.29, 0.717) is 18.9 Å². The van der Waals surface area contributed by atoms with E-state index in [1.54, 1.807) is 0 Å². The van der Waals surface area contributed by atoms with E-state index >= 15 is 0 Å². The van der Waals surface area contributed by atoms with E-state index < -0.39 is 0 Å². The van der Waals surface area contributed by atoms with Gasteiger partial charge in [-0.2, -0.15) is 0 Å². The topological polar surface area (TPSA) is 55.6 Å². The maximum Gasteiger partial charge on any atom is 0.248 e. The number of hydroxylamine groups is 2. The Kier molecular flexibility index (Phi) is 3.89. The van der Waals surface area contributed by atoms with Gasteiger partial charge in [0.15, 0.2) is 0 Å². The van der Waals surface area contributed by atoms with Crippen molar-refractivity contribution in [1.29, 1.82) is 0 Å². The summed E-state index contributed by atoms with van der Waals surface area (Å²) >= 11 is 0. The van der Waals surface area contributed by atoms with Gasteiger partial charge in [-0.25, -0.2) is 5.06 Å². The van der Waals surface area contributed by atoms with Crippen LogP contribution in [0.1, 0.15) is 33.6 Å². The molecule has 1 aliphatic rings. The molecule has 82 valence electrons. The molecule has 0 radical (unpaired) electrons. The van der Waals surface area contributed by atoms with Crippen molar-refractivity contribution in [2.45, 2.75) is 45.8 Å². The predicted octanol–water partition coefficient (Wildman–Crippen LogP) is 0.912. The van der Waals surface area contributed by atoms with Crippen molar-refractivity contribution in [1.82, 2.24) is 5.06 Å². The monoisotopic (exact) mass is 200 g/mol. The molecule has 1 aliphatic heterocycles. The lowest BCUT2D eigenvalue weighted by atomic mass is 10.1. The number of rotatable bonds is 4. The van der Waals surface area contributed by atoms with Crippen molar-refractivity contribution in [2.24, 2.45) is 11.7 Å². The van der Waals surface area contributed by atoms with Crippen LogP contribution in [0.4, 0.5) is 0 Å². The molecule has 0 saturated carbocycles. The zero-order valence-electron chi connectivity index (χ0n) is 9.19. The Morgan fingerprint density at radius 2 is 2.21 bits per heavy atom. The molecule has 1 saturated heterocycles. The van der Waals surface area contributed by atoms with E-state index in [0.717, 1.165) is 6.42 Å². The molecule has 0 aliphatic carbocycles. The van der Waals surface area contributed by atoms with Gasteiger partial charge in [0.05, 0.1) is 19.1 Å². The van der Waals surface area contributed by atoms with Gasteiger partial charge in [-0.1, -0.05) is 13.8 Å². The second kappa shape index (κ2) is 4.75. The highest BCUT2D eigenvalue weighted by molar-refractivity contribution is 5.77. The molecule has 2 atom stereocenters. The van der Waals surface area contributed by atoms with Crippen molar-refractivity contribution in [2.75, 3.05) is 6.54 Å². The Hall–Kier alpha value is -0.610. The van der Waals surface area contributed by atoms with E-state index in [9.17, 15) is 4.79 Å². The fraction of sp³-hybridized carbons (Fsp3) is 0.900. The van der Waals surface area contributed by atoms with Crippen LogP contribution in [0.15, 0.2) is 0 Å². The number of hydrogen-bond acceptors (Lipinski definition) is 3. The van der Waals surface area contributed by atoms with Crippen LogP contribution in [0.25, 0.3) is 0 Å². The summed E-state index contributed by atoms with van der Waals surface area (Å²) in [7, 11) is 0. The standard InChI is InChI=1S/C10H20N2O2/c1-7(2)9-6-10(13)12(14-9)5-4-8(3)11/h7-9H,4-6,11H2,1-3H3. The highest BCUT2D eigenvalue weighted by Gasteiger charge is 2.32. The zero-order chi connectivity index (χ0) is 10.7. The van der Waals surface area contributed by atoms with E-state index in [1.807, 2.05) is 6.92 Å². The van der Waals surface area contributed by atoms with E-state index in [1.165, 1.54) is 5.06 Å². The van der Waals surface area contributed by atoms with Gasteiger partial charge in [-0.05, 0) is 19.3 Å². The summed E-state index contributed by atoms with van der Waals surface area (Å²) in [5.41, 5.74) is 5.62. The van der Waals surface area contributed by atoms with Crippen molar-refractivity contribution >= 4 is 5.91 Å². The third kappa shape index (κ3) is 2.96. The van der Waals surface area contributed by atoms with Crippen LogP contribution in [0.3, 0.4) is 0 Å². The lowest BCUT2D eigenvalue weighted by Crippen LogP contribution is -2.29. The number of hydrogen-bond donors (Lipinski definition) is 1. The van der Waals surface area contributed by atoms with Gasteiger partial charge < -0.3 is 5.73 Å². The first-order valence-corrected chi connectivity index (χ1v) is 5.23. The van der Waals surface area contributed by atoms with Crippen molar-refractivity contribution in [3.8, 4) is 0 Å². The molecule has 2 unspecified atom stereocenters. The second-order valence-corrected chi connectivity index (χ2v) is 4.35. The molecule has 1 amide bonds. The molecule has 0 aromatic heterocycles. The summed E-state index contributed by atoms with van der Waals surface area (Å²) in [6, 6.07) is 0.115. The van der Waals surface area contributed by atoms with Crippen LogP contribution in [-0.2, 0) is 9.63 Å². The summed E-state index contributed by atoms with van der Waals surface area (Å²) in [6.45, 7) is 6.67. The van der Waals surface area contributed by atoms with Crippen molar-refractivity contribution < 1.29 is 9.63 Å². The largest absolute Gasteiger partial charge is 0.328 e. The van der Waals surface area contributed by atoms with Crippen molar-refractivity contribution in [3.05, 3.63) is 0 Å². The molecule has 4 heteroatoms. The van der Waals surface area contributed by atoms with E-state index in [2.05, 4.69) is 13.8 Å². The summed E-state index contributed by atoms with van der Waals surface area (Å²) in [6.07, 6.45) is 1.35. The normalized spacial score (nSPS) is 24.8. The molecule has 2 N–H and O–H groups in total. The maximum absolute atomic E-state index is 11.5. The molecule has 0 bridgehead atoms. The third-order valence-corrected chi connectivity index (χ3v) is 2.45. The van der Waals surface area contributed by atoms with Crippen molar-refractivity contribution in [3.63, 3.8) is 0 Å². The molecule has 0 aromatic rings. The second-order valence-electron chi connectivity index (χ2n) is 4.35. The number of carbonyl (C=O) groups is 1. The SMILES string of the molecule is CC(N)CCN1OC(C(C)C)CC1=O. The number of nitrogens with two attached hydrogens (primary N) is 1.